The van der Waals surface area contributed by atoms with Gasteiger partial charge in [0.15, 0.2) is 0 Å². The molecule has 0 aromatic heterocycles. The van der Waals surface area contributed by atoms with Crippen LogP contribution in [0.25, 0.3) is 0 Å². The van der Waals surface area contributed by atoms with E-state index in [1.807, 2.05) is 30.3 Å². The summed E-state index contributed by atoms with van der Waals surface area (Å²) in [5.41, 5.74) is 1.04. The molecule has 2 aliphatic rings. The van der Waals surface area contributed by atoms with Crippen LogP contribution in [0.1, 0.15) is 28.4 Å². The van der Waals surface area contributed by atoms with Crippen molar-refractivity contribution in [3.63, 3.8) is 0 Å². The number of carbonyl (C=O) groups is 2. The Balaban J connectivity index is 1.33. The van der Waals surface area contributed by atoms with Crippen molar-refractivity contribution in [2.45, 2.75) is 12.5 Å². The second kappa shape index (κ2) is 10.6. The van der Waals surface area contributed by atoms with Crippen LogP contribution < -0.4 is 5.32 Å². The van der Waals surface area contributed by atoms with Gasteiger partial charge in [0, 0.05) is 39.8 Å². The smallest absolute Gasteiger partial charge is 0.258 e. The number of hydrogen-bond donors (Lipinski definition) is 1. The SMILES string of the molecule is COCC(=O)N[C@@H](CCN1CC2CN(C(=O)c3c(F)cccc3Cl)CC2C1)c1ccccc1. The maximum absolute atomic E-state index is 14.2. The number of hydrogen-bond acceptors (Lipinski definition) is 4. The molecule has 0 bridgehead atoms. The summed E-state index contributed by atoms with van der Waals surface area (Å²) in [5, 5.41) is 3.22. The highest BCUT2D eigenvalue weighted by molar-refractivity contribution is 6.33. The largest absolute Gasteiger partial charge is 0.375 e. The third-order valence-electron chi connectivity index (χ3n) is 6.57. The Kier molecular flexibility index (Phi) is 7.63. The zero-order valence-electron chi connectivity index (χ0n) is 18.7. The molecule has 0 spiro atoms. The molecular weight excluding hydrogens is 445 g/mol. The van der Waals surface area contributed by atoms with Crippen molar-refractivity contribution in [3.05, 3.63) is 70.5 Å². The van der Waals surface area contributed by atoms with Crippen LogP contribution in [0.15, 0.2) is 48.5 Å². The number of halogens is 2. The Morgan fingerprint density at radius 1 is 1.09 bits per heavy atom. The first-order chi connectivity index (χ1) is 16.0. The predicted molar refractivity (Wildman–Crippen MR) is 125 cm³/mol. The molecule has 2 unspecified atom stereocenters. The number of methoxy groups -OCH3 is 1. The Morgan fingerprint density at radius 3 is 2.42 bits per heavy atom. The number of nitrogens with zero attached hydrogens (tertiary/aromatic N) is 2. The molecule has 176 valence electrons. The molecule has 33 heavy (non-hydrogen) atoms. The van der Waals surface area contributed by atoms with E-state index in [0.29, 0.717) is 24.9 Å². The van der Waals surface area contributed by atoms with E-state index in [0.717, 1.165) is 31.6 Å². The number of carbonyl (C=O) groups excluding carboxylic acids is 2. The van der Waals surface area contributed by atoms with Crippen LogP contribution in [0.5, 0.6) is 0 Å². The van der Waals surface area contributed by atoms with E-state index in [4.69, 9.17) is 16.3 Å². The molecule has 8 heteroatoms. The van der Waals surface area contributed by atoms with Gasteiger partial charge >= 0.3 is 0 Å². The molecule has 2 aromatic rings. The zero-order valence-corrected chi connectivity index (χ0v) is 19.4. The number of nitrogens with one attached hydrogen (secondary N) is 1. The first-order valence-corrected chi connectivity index (χ1v) is 11.6. The molecular formula is C25H29ClFN3O3. The number of fused-ring (bicyclic) bond motifs is 1. The Hall–Kier alpha value is -2.48. The molecule has 2 heterocycles. The van der Waals surface area contributed by atoms with Crippen molar-refractivity contribution >= 4 is 23.4 Å². The molecule has 1 N–H and O–H groups in total. The molecule has 6 nitrogen and oxygen atoms in total. The van der Waals surface area contributed by atoms with E-state index < -0.39 is 5.82 Å². The van der Waals surface area contributed by atoms with E-state index in [9.17, 15) is 14.0 Å². The van der Waals surface area contributed by atoms with Crippen LogP contribution in [-0.4, -0.2) is 68.1 Å². The van der Waals surface area contributed by atoms with Crippen molar-refractivity contribution in [3.8, 4) is 0 Å². The highest BCUT2D eigenvalue weighted by Crippen LogP contribution is 2.33. The quantitative estimate of drug-likeness (QED) is 0.638. The lowest BCUT2D eigenvalue weighted by atomic mass is 10.0. The average Bonchev–Trinajstić information content (AvgIpc) is 3.36. The van der Waals surface area contributed by atoms with Crippen LogP contribution in [0.4, 0.5) is 4.39 Å². The topological polar surface area (TPSA) is 61.9 Å². The molecule has 0 radical (unpaired) electrons. The van der Waals surface area contributed by atoms with E-state index in [2.05, 4.69) is 10.2 Å². The van der Waals surface area contributed by atoms with Crippen LogP contribution in [0.2, 0.25) is 5.02 Å². The molecule has 2 aromatic carbocycles. The van der Waals surface area contributed by atoms with Gasteiger partial charge in [0.1, 0.15) is 12.4 Å². The zero-order chi connectivity index (χ0) is 23.4. The summed E-state index contributed by atoms with van der Waals surface area (Å²) in [7, 11) is 1.51. The fraction of sp³-hybridized carbons (Fsp3) is 0.440. The highest BCUT2D eigenvalue weighted by atomic mass is 35.5. The van der Waals surface area contributed by atoms with Gasteiger partial charge in [-0.3, -0.25) is 9.59 Å². The van der Waals surface area contributed by atoms with Gasteiger partial charge in [-0.25, -0.2) is 4.39 Å². The van der Waals surface area contributed by atoms with Gasteiger partial charge in [0.2, 0.25) is 5.91 Å². The lowest BCUT2D eigenvalue weighted by Gasteiger charge is -2.25. The maximum Gasteiger partial charge on any atom is 0.258 e. The molecule has 2 fully saturated rings. The summed E-state index contributed by atoms with van der Waals surface area (Å²) in [6.45, 7) is 3.86. The number of benzene rings is 2. The summed E-state index contributed by atoms with van der Waals surface area (Å²) < 4.78 is 19.1. The summed E-state index contributed by atoms with van der Waals surface area (Å²) >= 11 is 6.09. The Morgan fingerprint density at radius 2 is 1.79 bits per heavy atom. The third kappa shape index (κ3) is 5.54. The molecule has 2 saturated heterocycles. The second-order valence-corrected chi connectivity index (χ2v) is 9.25. The lowest BCUT2D eigenvalue weighted by Crippen LogP contribution is -2.36. The van der Waals surface area contributed by atoms with Gasteiger partial charge < -0.3 is 19.9 Å². The summed E-state index contributed by atoms with van der Waals surface area (Å²) in [6, 6.07) is 14.2. The standard InChI is InChI=1S/C25H29ClFN3O3/c1-33-16-23(31)28-22(17-6-3-2-4-7-17)10-11-29-12-18-14-30(15-19(18)13-29)25(32)24-20(26)8-5-9-21(24)27/h2-9,18-19,22H,10-16H2,1H3,(H,28,31)/t18?,19?,22-/m0/s1. The van der Waals surface area contributed by atoms with Crippen LogP contribution >= 0.6 is 11.6 Å². The number of likely N-dealkylation sites (tertiary alicyclic amines) is 2. The van der Waals surface area contributed by atoms with Gasteiger partial charge in [-0.1, -0.05) is 48.0 Å². The van der Waals surface area contributed by atoms with Crippen molar-refractivity contribution in [2.24, 2.45) is 11.8 Å². The minimum atomic E-state index is -0.575. The Labute approximate surface area is 198 Å². The normalized spacial score (nSPS) is 21.1. The predicted octanol–water partition coefficient (Wildman–Crippen LogP) is 3.38. The third-order valence-corrected chi connectivity index (χ3v) is 6.89. The van der Waals surface area contributed by atoms with Crippen molar-refractivity contribution in [1.82, 2.24) is 15.1 Å². The monoisotopic (exact) mass is 473 g/mol. The lowest BCUT2D eigenvalue weighted by molar-refractivity contribution is -0.125. The van der Waals surface area contributed by atoms with Gasteiger partial charge in [0.25, 0.3) is 5.91 Å². The van der Waals surface area contributed by atoms with Crippen molar-refractivity contribution in [1.29, 1.82) is 0 Å². The first kappa shape index (κ1) is 23.7. The number of amides is 2. The maximum atomic E-state index is 14.2. The molecule has 2 amide bonds. The molecule has 0 saturated carbocycles. The van der Waals surface area contributed by atoms with E-state index in [1.165, 1.54) is 19.2 Å². The van der Waals surface area contributed by atoms with Crippen molar-refractivity contribution < 1.29 is 18.7 Å². The van der Waals surface area contributed by atoms with E-state index in [-0.39, 0.29) is 35.0 Å². The first-order valence-electron chi connectivity index (χ1n) is 11.2. The summed E-state index contributed by atoms with van der Waals surface area (Å²) in [4.78, 5) is 29.1. The molecule has 4 rings (SSSR count). The van der Waals surface area contributed by atoms with Gasteiger partial charge in [-0.05, 0) is 36.0 Å². The van der Waals surface area contributed by atoms with Gasteiger partial charge in [-0.15, -0.1) is 0 Å². The molecule has 3 atom stereocenters. The highest BCUT2D eigenvalue weighted by Gasteiger charge is 2.42. The fourth-order valence-corrected chi connectivity index (χ4v) is 5.23. The minimum absolute atomic E-state index is 0.0338. The van der Waals surface area contributed by atoms with Crippen LogP contribution in [0, 0.1) is 17.7 Å². The van der Waals surface area contributed by atoms with E-state index in [1.54, 1.807) is 11.0 Å². The second-order valence-electron chi connectivity index (χ2n) is 8.84. The number of ether oxygens (including phenoxy) is 1. The van der Waals surface area contributed by atoms with E-state index >= 15 is 0 Å². The van der Waals surface area contributed by atoms with Crippen molar-refractivity contribution in [2.75, 3.05) is 46.4 Å². The van der Waals surface area contributed by atoms with Gasteiger partial charge in [0.05, 0.1) is 16.6 Å². The fourth-order valence-electron chi connectivity index (χ4n) is 4.99. The summed E-state index contributed by atoms with van der Waals surface area (Å²) in [6.07, 6.45) is 0.784. The van der Waals surface area contributed by atoms with Crippen LogP contribution in [-0.2, 0) is 9.53 Å². The van der Waals surface area contributed by atoms with Crippen LogP contribution in [0.3, 0.4) is 0 Å². The average molecular weight is 474 g/mol. The minimum Gasteiger partial charge on any atom is -0.375 e. The summed E-state index contributed by atoms with van der Waals surface area (Å²) in [5.74, 6) is -0.321. The Bertz CT molecular complexity index is 956. The number of rotatable bonds is 8. The molecule has 2 aliphatic heterocycles. The molecule has 0 aliphatic carbocycles. The van der Waals surface area contributed by atoms with Gasteiger partial charge in [-0.2, -0.15) is 0 Å².